The fourth-order valence-electron chi connectivity index (χ4n) is 2.77. The van der Waals surface area contributed by atoms with Crippen LogP contribution in [0.3, 0.4) is 0 Å². The van der Waals surface area contributed by atoms with Crippen LogP contribution in [-0.2, 0) is 0 Å². The van der Waals surface area contributed by atoms with E-state index in [-0.39, 0.29) is 18.0 Å². The lowest BCUT2D eigenvalue weighted by Crippen LogP contribution is -2.42. The van der Waals surface area contributed by atoms with Gasteiger partial charge in [-0.2, -0.15) is 4.52 Å². The number of aromatic nitrogens is 4. The third-order valence-corrected chi connectivity index (χ3v) is 4.45. The van der Waals surface area contributed by atoms with Crippen molar-refractivity contribution in [1.82, 2.24) is 24.5 Å². The second-order valence-electron chi connectivity index (χ2n) is 6.11. The molecule has 3 rings (SSSR count). The maximum atomic E-state index is 12.9. The summed E-state index contributed by atoms with van der Waals surface area (Å²) in [7, 11) is 0. The summed E-state index contributed by atoms with van der Waals surface area (Å²) in [5.41, 5.74) is 7.14. The maximum absolute atomic E-state index is 12.9. The van der Waals surface area contributed by atoms with Crippen molar-refractivity contribution in [2.24, 2.45) is 0 Å². The number of amides is 1. The summed E-state index contributed by atoms with van der Waals surface area (Å²) in [6.07, 6.45) is 1.70. The number of nitrogens with two attached hydrogens (primary N) is 1. The second-order valence-corrected chi connectivity index (χ2v) is 7.01. The minimum atomic E-state index is -0.0620. The van der Waals surface area contributed by atoms with Crippen molar-refractivity contribution in [3.05, 3.63) is 29.3 Å². The smallest absolute Gasteiger partial charge is 0.254 e. The first-order chi connectivity index (χ1) is 11.4. The lowest BCUT2D eigenvalue weighted by molar-refractivity contribution is 0.0644. The van der Waals surface area contributed by atoms with Crippen molar-refractivity contribution in [3.63, 3.8) is 0 Å². The molecule has 3 heterocycles. The van der Waals surface area contributed by atoms with Crippen LogP contribution in [0.2, 0.25) is 0 Å². The van der Waals surface area contributed by atoms with E-state index in [2.05, 4.69) is 15.1 Å². The lowest BCUT2D eigenvalue weighted by atomic mass is 10.1. The minimum Gasteiger partial charge on any atom is -0.384 e. The molecule has 0 unspecified atom stereocenters. The van der Waals surface area contributed by atoms with Gasteiger partial charge in [-0.15, -0.1) is 16.4 Å². The molecule has 2 N–H and O–H groups in total. The van der Waals surface area contributed by atoms with Gasteiger partial charge >= 0.3 is 0 Å². The van der Waals surface area contributed by atoms with E-state index in [9.17, 15) is 4.79 Å². The van der Waals surface area contributed by atoms with E-state index in [0.717, 1.165) is 5.01 Å². The molecule has 7 nitrogen and oxygen atoms in total. The van der Waals surface area contributed by atoms with Crippen LogP contribution in [-0.4, -0.2) is 42.5 Å². The van der Waals surface area contributed by atoms with Gasteiger partial charge in [0.2, 0.25) is 5.82 Å². The van der Waals surface area contributed by atoms with Gasteiger partial charge in [0.15, 0.2) is 10.7 Å². The lowest BCUT2D eigenvalue weighted by Gasteiger charge is -2.30. The quantitative estimate of drug-likeness (QED) is 0.786. The molecule has 0 radical (unpaired) electrons. The Morgan fingerprint density at radius 1 is 1.25 bits per heavy atom. The fourth-order valence-corrected chi connectivity index (χ4v) is 3.34. The molecular formula is C16H20N6OS. The predicted octanol–water partition coefficient (Wildman–Crippen LogP) is 2.69. The zero-order valence-electron chi connectivity index (χ0n) is 14.1. The van der Waals surface area contributed by atoms with Crippen LogP contribution in [0.15, 0.2) is 23.7 Å². The van der Waals surface area contributed by atoms with E-state index < -0.39 is 0 Å². The summed E-state index contributed by atoms with van der Waals surface area (Å²) >= 11 is 1.45. The van der Waals surface area contributed by atoms with Gasteiger partial charge in [0.25, 0.3) is 5.91 Å². The van der Waals surface area contributed by atoms with Crippen molar-refractivity contribution in [2.45, 2.75) is 39.8 Å². The first kappa shape index (κ1) is 16.4. The number of nitrogens with zero attached hydrogens (tertiary/aromatic N) is 5. The van der Waals surface area contributed by atoms with E-state index in [4.69, 9.17) is 5.73 Å². The topological polar surface area (TPSA) is 89.4 Å². The summed E-state index contributed by atoms with van der Waals surface area (Å²) < 4.78 is 1.53. The molecular weight excluding hydrogens is 324 g/mol. The molecule has 0 saturated heterocycles. The number of fused-ring (bicyclic) bond motifs is 1. The molecule has 8 heteroatoms. The largest absolute Gasteiger partial charge is 0.384 e. The number of hydrogen-bond acceptors (Lipinski definition) is 6. The molecule has 1 amide bonds. The number of thiazole rings is 1. The molecule has 0 atom stereocenters. The molecule has 0 aliphatic rings. The molecule has 0 spiro atoms. The number of rotatable bonds is 4. The first-order valence-electron chi connectivity index (χ1n) is 7.77. The normalized spacial score (nSPS) is 11.6. The molecule has 3 aromatic rings. The number of anilines is 1. The highest BCUT2D eigenvalue weighted by Gasteiger charge is 2.23. The van der Waals surface area contributed by atoms with E-state index in [1.807, 2.05) is 38.0 Å². The van der Waals surface area contributed by atoms with Crippen molar-refractivity contribution in [1.29, 1.82) is 0 Å². The zero-order chi connectivity index (χ0) is 17.4. The van der Waals surface area contributed by atoms with E-state index >= 15 is 0 Å². The summed E-state index contributed by atoms with van der Waals surface area (Å²) in [5, 5.41) is 6.96. The van der Waals surface area contributed by atoms with Crippen LogP contribution in [0, 0.1) is 0 Å². The van der Waals surface area contributed by atoms with E-state index in [0.29, 0.717) is 22.9 Å². The highest BCUT2D eigenvalue weighted by atomic mass is 32.1. The van der Waals surface area contributed by atoms with Crippen LogP contribution in [0.1, 0.15) is 38.1 Å². The standard InChI is InChI=1S/C16H20N6OS/c1-9(2)21(10(3)4)16(23)11-7-12(17)22-13(8-11)19-14(20-22)15-18-5-6-24-15/h5-10H,17H2,1-4H3. The Labute approximate surface area is 144 Å². The SMILES string of the molecule is CC(C)N(C(=O)c1cc(N)n2nc(-c3nccs3)nc2c1)C(C)C. The van der Waals surface area contributed by atoms with Gasteiger partial charge in [-0.05, 0) is 39.8 Å². The summed E-state index contributed by atoms with van der Waals surface area (Å²) in [4.78, 5) is 23.3. The first-order valence-corrected chi connectivity index (χ1v) is 8.65. The van der Waals surface area contributed by atoms with Crippen molar-refractivity contribution in [2.75, 3.05) is 5.73 Å². The van der Waals surface area contributed by atoms with Crippen LogP contribution in [0.25, 0.3) is 16.5 Å². The van der Waals surface area contributed by atoms with Gasteiger partial charge in [0.1, 0.15) is 5.82 Å². The second kappa shape index (κ2) is 6.20. The average molecular weight is 344 g/mol. The van der Waals surface area contributed by atoms with Gasteiger partial charge in [-0.1, -0.05) is 0 Å². The van der Waals surface area contributed by atoms with Gasteiger partial charge in [0.05, 0.1) is 0 Å². The highest BCUT2D eigenvalue weighted by Crippen LogP contribution is 2.22. The molecule has 0 aliphatic carbocycles. The highest BCUT2D eigenvalue weighted by molar-refractivity contribution is 7.13. The fraction of sp³-hybridized carbons (Fsp3) is 0.375. The monoisotopic (exact) mass is 344 g/mol. The van der Waals surface area contributed by atoms with Crippen molar-refractivity contribution >= 4 is 28.7 Å². The van der Waals surface area contributed by atoms with Crippen LogP contribution >= 0.6 is 11.3 Å². The number of carbonyl (C=O) groups excluding carboxylic acids is 1. The molecule has 0 aliphatic heterocycles. The van der Waals surface area contributed by atoms with Gasteiger partial charge in [0, 0.05) is 29.2 Å². The molecule has 126 valence electrons. The van der Waals surface area contributed by atoms with Crippen molar-refractivity contribution in [3.8, 4) is 10.8 Å². The predicted molar refractivity (Wildman–Crippen MR) is 94.9 cm³/mol. The summed E-state index contributed by atoms with van der Waals surface area (Å²) in [6, 6.07) is 3.56. The van der Waals surface area contributed by atoms with Crippen LogP contribution in [0.5, 0.6) is 0 Å². The van der Waals surface area contributed by atoms with Crippen LogP contribution < -0.4 is 5.73 Å². The van der Waals surface area contributed by atoms with Gasteiger partial charge in [-0.25, -0.2) is 9.97 Å². The Bertz CT molecular complexity index is 860. The molecule has 0 bridgehead atoms. The van der Waals surface area contributed by atoms with E-state index in [1.54, 1.807) is 18.3 Å². The third kappa shape index (κ3) is 2.84. The summed E-state index contributed by atoms with van der Waals surface area (Å²) in [6.45, 7) is 7.99. The molecule has 0 aromatic carbocycles. The van der Waals surface area contributed by atoms with Gasteiger partial charge < -0.3 is 10.6 Å². The van der Waals surface area contributed by atoms with E-state index in [1.165, 1.54) is 15.9 Å². The average Bonchev–Trinajstić information content (AvgIpc) is 3.15. The molecule has 24 heavy (non-hydrogen) atoms. The summed E-state index contributed by atoms with van der Waals surface area (Å²) in [5.74, 6) is 0.817. The maximum Gasteiger partial charge on any atom is 0.254 e. The van der Waals surface area contributed by atoms with Crippen LogP contribution in [0.4, 0.5) is 5.82 Å². The number of pyridine rings is 1. The Kier molecular flexibility index (Phi) is 4.23. The Hall–Kier alpha value is -2.48. The number of carbonyl (C=O) groups is 1. The molecule has 0 fully saturated rings. The Morgan fingerprint density at radius 2 is 1.96 bits per heavy atom. The Balaban J connectivity index is 2.06. The van der Waals surface area contributed by atoms with Gasteiger partial charge in [-0.3, -0.25) is 4.79 Å². The minimum absolute atomic E-state index is 0.0620. The Morgan fingerprint density at radius 3 is 2.54 bits per heavy atom. The number of nitrogen functional groups attached to an aromatic ring is 1. The molecule has 0 saturated carbocycles. The third-order valence-electron chi connectivity index (χ3n) is 3.68. The number of hydrogen-bond donors (Lipinski definition) is 1. The zero-order valence-corrected chi connectivity index (χ0v) is 14.9. The van der Waals surface area contributed by atoms with Crippen molar-refractivity contribution < 1.29 is 4.79 Å². The molecule has 3 aromatic heterocycles.